The Kier molecular flexibility index (Phi) is 4.41. The molecule has 0 fully saturated rings. The van der Waals surface area contributed by atoms with Gasteiger partial charge in [0.25, 0.3) is 5.69 Å². The Bertz CT molecular complexity index is 529. The minimum Gasteiger partial charge on any atom is -0.478 e. The molecule has 0 atom stereocenters. The molecule has 0 aliphatic rings. The molecule has 0 heterocycles. The average Bonchev–Trinajstić information content (AvgIpc) is 2.37. The zero-order chi connectivity index (χ0) is 14.6. The zero-order valence-electron chi connectivity index (χ0n) is 10.4. The number of amides is 2. The molecular weight excluding hydrogens is 254 g/mol. The lowest BCUT2D eigenvalue weighted by atomic mass is 10.1. The highest BCUT2D eigenvalue weighted by molar-refractivity contribution is 6.00. The van der Waals surface area contributed by atoms with Crippen LogP contribution in [0.2, 0.25) is 0 Å². The highest BCUT2D eigenvalue weighted by Crippen LogP contribution is 2.22. The number of carboxylic acid groups (broad SMARTS) is 1. The third-order valence-corrected chi connectivity index (χ3v) is 2.51. The molecule has 8 nitrogen and oxygen atoms in total. The van der Waals surface area contributed by atoms with E-state index in [1.54, 1.807) is 14.0 Å². The maximum atomic E-state index is 11.6. The van der Waals surface area contributed by atoms with Crippen molar-refractivity contribution >= 4 is 23.4 Å². The Morgan fingerprint density at radius 2 is 2.11 bits per heavy atom. The number of nitrogens with one attached hydrogen (secondary N) is 1. The van der Waals surface area contributed by atoms with Crippen LogP contribution in [-0.4, -0.2) is 40.5 Å². The molecule has 0 saturated heterocycles. The fourth-order valence-corrected chi connectivity index (χ4v) is 1.29. The number of carbonyl (C=O) groups is 2. The van der Waals surface area contributed by atoms with E-state index in [0.717, 1.165) is 12.1 Å². The van der Waals surface area contributed by atoms with Gasteiger partial charge in [-0.3, -0.25) is 10.1 Å². The maximum absolute atomic E-state index is 11.6. The summed E-state index contributed by atoms with van der Waals surface area (Å²) in [5.74, 6) is -1.35. The summed E-state index contributed by atoms with van der Waals surface area (Å²) < 4.78 is 0. The van der Waals surface area contributed by atoms with Gasteiger partial charge in [-0.1, -0.05) is 0 Å². The molecule has 0 radical (unpaired) electrons. The molecular formula is C11H13N3O5. The second-order valence-corrected chi connectivity index (χ2v) is 3.74. The van der Waals surface area contributed by atoms with Crippen LogP contribution in [0, 0.1) is 10.1 Å². The summed E-state index contributed by atoms with van der Waals surface area (Å²) in [5.41, 5.74) is -0.658. The van der Waals surface area contributed by atoms with Crippen LogP contribution < -0.4 is 5.32 Å². The first-order valence-corrected chi connectivity index (χ1v) is 5.40. The van der Waals surface area contributed by atoms with Gasteiger partial charge in [-0.15, -0.1) is 0 Å². The average molecular weight is 267 g/mol. The fourth-order valence-electron chi connectivity index (χ4n) is 1.29. The normalized spacial score (nSPS) is 9.79. The molecule has 1 aromatic carbocycles. The lowest BCUT2D eigenvalue weighted by molar-refractivity contribution is -0.384. The third-order valence-electron chi connectivity index (χ3n) is 2.51. The summed E-state index contributed by atoms with van der Waals surface area (Å²) in [6.45, 7) is 2.20. The van der Waals surface area contributed by atoms with Gasteiger partial charge in [0.05, 0.1) is 16.2 Å². The fraction of sp³-hybridized carbons (Fsp3) is 0.273. The van der Waals surface area contributed by atoms with E-state index in [0.29, 0.717) is 6.54 Å². The van der Waals surface area contributed by atoms with Crippen molar-refractivity contribution in [3.8, 4) is 0 Å². The Hall–Kier alpha value is -2.64. The number of carboxylic acids is 1. The van der Waals surface area contributed by atoms with Crippen molar-refractivity contribution in [2.75, 3.05) is 18.9 Å². The molecule has 0 bridgehead atoms. The van der Waals surface area contributed by atoms with Crippen LogP contribution in [0.25, 0.3) is 0 Å². The van der Waals surface area contributed by atoms with Gasteiger partial charge < -0.3 is 15.3 Å². The predicted molar refractivity (Wildman–Crippen MR) is 67.4 cm³/mol. The number of hydrogen-bond acceptors (Lipinski definition) is 4. The second-order valence-electron chi connectivity index (χ2n) is 3.74. The quantitative estimate of drug-likeness (QED) is 0.637. The van der Waals surface area contributed by atoms with Crippen molar-refractivity contribution in [3.05, 3.63) is 33.9 Å². The molecule has 0 unspecified atom stereocenters. The van der Waals surface area contributed by atoms with Crippen molar-refractivity contribution < 1.29 is 19.6 Å². The van der Waals surface area contributed by atoms with E-state index >= 15 is 0 Å². The molecule has 1 rings (SSSR count). The zero-order valence-corrected chi connectivity index (χ0v) is 10.4. The van der Waals surface area contributed by atoms with Crippen molar-refractivity contribution in [1.29, 1.82) is 0 Å². The number of anilines is 1. The standard InChI is InChI=1S/C11H13N3O5/c1-3-13(2)11(17)12-9-5-4-7(14(18)19)6-8(9)10(15)16/h4-6H,3H2,1-2H3,(H,12,17)(H,15,16). The molecule has 0 saturated carbocycles. The Morgan fingerprint density at radius 3 is 2.58 bits per heavy atom. The minimum absolute atomic E-state index is 0.0170. The lowest BCUT2D eigenvalue weighted by Crippen LogP contribution is -2.31. The van der Waals surface area contributed by atoms with Crippen LogP contribution in [-0.2, 0) is 0 Å². The Labute approximate surface area is 108 Å². The number of benzene rings is 1. The van der Waals surface area contributed by atoms with E-state index in [-0.39, 0.29) is 16.9 Å². The van der Waals surface area contributed by atoms with Gasteiger partial charge in [0, 0.05) is 25.7 Å². The summed E-state index contributed by atoms with van der Waals surface area (Å²) in [6, 6.07) is 2.75. The summed E-state index contributed by atoms with van der Waals surface area (Å²) in [6.07, 6.45) is 0. The number of urea groups is 1. The van der Waals surface area contributed by atoms with Crippen molar-refractivity contribution in [1.82, 2.24) is 4.90 Å². The van der Waals surface area contributed by atoms with E-state index < -0.39 is 16.9 Å². The lowest BCUT2D eigenvalue weighted by Gasteiger charge is -2.16. The summed E-state index contributed by atoms with van der Waals surface area (Å²) in [7, 11) is 1.54. The molecule has 102 valence electrons. The third kappa shape index (κ3) is 3.41. The molecule has 1 aromatic rings. The highest BCUT2D eigenvalue weighted by Gasteiger charge is 2.18. The van der Waals surface area contributed by atoms with Crippen molar-refractivity contribution in [2.45, 2.75) is 6.92 Å². The van der Waals surface area contributed by atoms with Gasteiger partial charge in [0.2, 0.25) is 0 Å². The molecule has 0 aromatic heterocycles. The largest absolute Gasteiger partial charge is 0.478 e. The van der Waals surface area contributed by atoms with Crippen LogP contribution in [0.4, 0.5) is 16.2 Å². The minimum atomic E-state index is -1.35. The molecule has 0 aliphatic carbocycles. The number of nitrogens with zero attached hydrogens (tertiary/aromatic N) is 2. The number of nitro groups is 1. The van der Waals surface area contributed by atoms with E-state index in [2.05, 4.69) is 5.32 Å². The van der Waals surface area contributed by atoms with Gasteiger partial charge >= 0.3 is 12.0 Å². The van der Waals surface area contributed by atoms with E-state index in [4.69, 9.17) is 5.11 Å². The van der Waals surface area contributed by atoms with Crippen LogP contribution in [0.3, 0.4) is 0 Å². The summed E-state index contributed by atoms with van der Waals surface area (Å²) in [5, 5.41) is 22.0. The van der Waals surface area contributed by atoms with Gasteiger partial charge in [-0.05, 0) is 13.0 Å². The van der Waals surface area contributed by atoms with Gasteiger partial charge in [0.1, 0.15) is 0 Å². The monoisotopic (exact) mass is 267 g/mol. The van der Waals surface area contributed by atoms with Gasteiger partial charge in [-0.25, -0.2) is 9.59 Å². The molecule has 8 heteroatoms. The predicted octanol–water partition coefficient (Wildman–Crippen LogP) is 1.78. The van der Waals surface area contributed by atoms with Crippen LogP contribution in [0.15, 0.2) is 18.2 Å². The van der Waals surface area contributed by atoms with Crippen LogP contribution in [0.5, 0.6) is 0 Å². The number of hydrogen-bond donors (Lipinski definition) is 2. The highest BCUT2D eigenvalue weighted by atomic mass is 16.6. The van der Waals surface area contributed by atoms with Crippen LogP contribution >= 0.6 is 0 Å². The number of carbonyl (C=O) groups excluding carboxylic acids is 1. The Balaban J connectivity index is 3.10. The molecule has 0 spiro atoms. The number of aromatic carboxylic acids is 1. The van der Waals surface area contributed by atoms with E-state index in [1.807, 2.05) is 0 Å². The van der Waals surface area contributed by atoms with Crippen LogP contribution in [0.1, 0.15) is 17.3 Å². The number of rotatable bonds is 4. The smallest absolute Gasteiger partial charge is 0.338 e. The SMILES string of the molecule is CCN(C)C(=O)Nc1ccc([N+](=O)[O-])cc1C(=O)O. The molecule has 2 amide bonds. The van der Waals surface area contributed by atoms with E-state index in [9.17, 15) is 19.7 Å². The molecule has 0 aliphatic heterocycles. The number of non-ortho nitro benzene ring substituents is 1. The second kappa shape index (κ2) is 5.80. The Morgan fingerprint density at radius 1 is 1.47 bits per heavy atom. The van der Waals surface area contributed by atoms with Crippen molar-refractivity contribution in [2.24, 2.45) is 0 Å². The van der Waals surface area contributed by atoms with E-state index in [1.165, 1.54) is 11.0 Å². The summed E-state index contributed by atoms with van der Waals surface area (Å²) in [4.78, 5) is 33.9. The van der Waals surface area contributed by atoms with Gasteiger partial charge in [-0.2, -0.15) is 0 Å². The first kappa shape index (κ1) is 14.4. The summed E-state index contributed by atoms with van der Waals surface area (Å²) >= 11 is 0. The number of nitro benzene ring substituents is 1. The molecule has 19 heavy (non-hydrogen) atoms. The van der Waals surface area contributed by atoms with Gasteiger partial charge in [0.15, 0.2) is 0 Å². The topological polar surface area (TPSA) is 113 Å². The first-order valence-electron chi connectivity index (χ1n) is 5.40. The molecule has 2 N–H and O–H groups in total. The maximum Gasteiger partial charge on any atom is 0.338 e. The first-order chi connectivity index (χ1) is 8.86. The van der Waals surface area contributed by atoms with Crippen molar-refractivity contribution in [3.63, 3.8) is 0 Å².